The number of aryl methyl sites for hydroxylation is 1. The molecule has 116 valence electrons. The van der Waals surface area contributed by atoms with Gasteiger partial charge in [0.05, 0.1) is 0 Å². The topological polar surface area (TPSA) is 58.6 Å². The number of hydrogen-bond acceptors (Lipinski definition) is 3. The molecule has 0 fully saturated rings. The molecule has 2 N–H and O–H groups in total. The summed E-state index contributed by atoms with van der Waals surface area (Å²) in [5, 5.41) is 13.1. The van der Waals surface area contributed by atoms with Crippen LogP contribution in [-0.2, 0) is 11.4 Å². The van der Waals surface area contributed by atoms with Crippen LogP contribution < -0.4 is 10.1 Å². The van der Waals surface area contributed by atoms with Gasteiger partial charge >= 0.3 is 0 Å². The minimum absolute atomic E-state index is 0.217. The van der Waals surface area contributed by atoms with Crippen molar-refractivity contribution in [2.24, 2.45) is 0 Å². The molecule has 1 unspecified atom stereocenters. The van der Waals surface area contributed by atoms with E-state index in [1.165, 1.54) is 7.05 Å². The summed E-state index contributed by atoms with van der Waals surface area (Å²) in [7, 11) is 1.48. The SMILES string of the molecule is CNC(=O)C(O)c1ccc(Cl)cc1COc1ccccc1C. The average Bonchev–Trinajstić information content (AvgIpc) is 2.53. The fourth-order valence-electron chi connectivity index (χ4n) is 2.12. The highest BCUT2D eigenvalue weighted by Gasteiger charge is 2.19. The Balaban J connectivity index is 2.24. The Hall–Kier alpha value is -2.04. The van der Waals surface area contributed by atoms with Gasteiger partial charge in [0, 0.05) is 12.1 Å². The van der Waals surface area contributed by atoms with Gasteiger partial charge in [0.1, 0.15) is 12.4 Å². The molecule has 2 aromatic rings. The summed E-state index contributed by atoms with van der Waals surface area (Å²) in [5.74, 6) is 0.280. The molecule has 5 heteroatoms. The standard InChI is InChI=1S/C17H18ClNO3/c1-11-5-3-4-6-15(11)22-10-12-9-13(18)7-8-14(12)16(20)17(21)19-2/h3-9,16,20H,10H2,1-2H3,(H,19,21). The molecule has 4 nitrogen and oxygen atoms in total. The molecule has 0 aliphatic heterocycles. The molecule has 0 heterocycles. The molecular formula is C17H18ClNO3. The van der Waals surface area contributed by atoms with Gasteiger partial charge in [0.25, 0.3) is 5.91 Å². The summed E-state index contributed by atoms with van der Waals surface area (Å²) >= 11 is 6.01. The molecule has 2 aromatic carbocycles. The zero-order chi connectivity index (χ0) is 16.1. The van der Waals surface area contributed by atoms with E-state index >= 15 is 0 Å². The average molecular weight is 320 g/mol. The lowest BCUT2D eigenvalue weighted by Gasteiger charge is -2.16. The summed E-state index contributed by atoms with van der Waals surface area (Å²) in [6.07, 6.45) is -1.25. The van der Waals surface area contributed by atoms with E-state index in [1.807, 2.05) is 31.2 Å². The Labute approximate surface area is 134 Å². The Morgan fingerprint density at radius 1 is 1.32 bits per heavy atom. The van der Waals surface area contributed by atoms with Gasteiger partial charge in [0.15, 0.2) is 6.10 Å². The number of amides is 1. The number of rotatable bonds is 5. The van der Waals surface area contributed by atoms with Crippen molar-refractivity contribution in [2.45, 2.75) is 19.6 Å². The second-order valence-electron chi connectivity index (χ2n) is 4.91. The smallest absolute Gasteiger partial charge is 0.253 e. The number of hydrogen-bond donors (Lipinski definition) is 2. The Bertz CT molecular complexity index is 673. The van der Waals surface area contributed by atoms with Crippen molar-refractivity contribution in [3.05, 3.63) is 64.2 Å². The number of aliphatic hydroxyl groups excluding tert-OH is 1. The summed E-state index contributed by atoms with van der Waals surface area (Å²) in [6, 6.07) is 12.6. The van der Waals surface area contributed by atoms with Gasteiger partial charge in [-0.15, -0.1) is 0 Å². The molecule has 0 spiro atoms. The number of carbonyl (C=O) groups excluding carboxylic acids is 1. The number of carbonyl (C=O) groups is 1. The fourth-order valence-corrected chi connectivity index (χ4v) is 2.31. The van der Waals surface area contributed by atoms with Crippen LogP contribution in [0.15, 0.2) is 42.5 Å². The molecule has 22 heavy (non-hydrogen) atoms. The first-order chi connectivity index (χ1) is 10.5. The number of likely N-dealkylation sites (N-methyl/N-ethyl adjacent to an activating group) is 1. The van der Waals surface area contributed by atoms with Gasteiger partial charge in [-0.1, -0.05) is 35.9 Å². The van der Waals surface area contributed by atoms with Crippen LogP contribution in [0.25, 0.3) is 0 Å². The second kappa shape index (κ2) is 7.29. The normalized spacial score (nSPS) is 11.8. The number of benzene rings is 2. The van der Waals surface area contributed by atoms with Gasteiger partial charge in [-0.3, -0.25) is 4.79 Å². The lowest BCUT2D eigenvalue weighted by Crippen LogP contribution is -2.26. The van der Waals surface area contributed by atoms with Crippen LogP contribution in [0.3, 0.4) is 0 Å². The summed E-state index contributed by atoms with van der Waals surface area (Å²) < 4.78 is 5.78. The Morgan fingerprint density at radius 2 is 2.05 bits per heavy atom. The summed E-state index contributed by atoms with van der Waals surface area (Å²) in [6.45, 7) is 2.17. The second-order valence-corrected chi connectivity index (χ2v) is 5.35. The molecule has 1 atom stereocenters. The highest BCUT2D eigenvalue weighted by molar-refractivity contribution is 6.30. The van der Waals surface area contributed by atoms with Crippen molar-refractivity contribution in [1.82, 2.24) is 5.32 Å². The van der Waals surface area contributed by atoms with Crippen LogP contribution in [0, 0.1) is 6.92 Å². The Kier molecular flexibility index (Phi) is 5.41. The summed E-state index contributed by atoms with van der Waals surface area (Å²) in [4.78, 5) is 11.6. The minimum Gasteiger partial charge on any atom is -0.489 e. The van der Waals surface area contributed by atoms with E-state index in [9.17, 15) is 9.90 Å². The first-order valence-electron chi connectivity index (χ1n) is 6.89. The first-order valence-corrected chi connectivity index (χ1v) is 7.27. The number of aliphatic hydroxyl groups is 1. The predicted octanol–water partition coefficient (Wildman–Crippen LogP) is 3.01. The molecular weight excluding hydrogens is 302 g/mol. The monoisotopic (exact) mass is 319 g/mol. The summed E-state index contributed by atoms with van der Waals surface area (Å²) in [5.41, 5.74) is 2.17. The Morgan fingerprint density at radius 3 is 2.73 bits per heavy atom. The van der Waals surface area contributed by atoms with E-state index in [2.05, 4.69) is 5.32 Å². The van der Waals surface area contributed by atoms with Gasteiger partial charge in [-0.2, -0.15) is 0 Å². The van der Waals surface area contributed by atoms with Crippen LogP contribution in [0.4, 0.5) is 0 Å². The van der Waals surface area contributed by atoms with Gasteiger partial charge in [-0.05, 0) is 41.8 Å². The highest BCUT2D eigenvalue weighted by Crippen LogP contribution is 2.25. The molecule has 0 bridgehead atoms. The van der Waals surface area contributed by atoms with Crippen molar-refractivity contribution in [2.75, 3.05) is 7.05 Å². The third-order valence-corrected chi connectivity index (χ3v) is 3.61. The van der Waals surface area contributed by atoms with E-state index in [4.69, 9.17) is 16.3 Å². The molecule has 0 saturated heterocycles. The number of nitrogens with one attached hydrogen (secondary N) is 1. The molecule has 0 aliphatic carbocycles. The van der Waals surface area contributed by atoms with E-state index in [0.29, 0.717) is 16.1 Å². The van der Waals surface area contributed by atoms with E-state index in [1.54, 1.807) is 18.2 Å². The largest absolute Gasteiger partial charge is 0.489 e. The number of para-hydroxylation sites is 1. The maximum Gasteiger partial charge on any atom is 0.253 e. The van der Waals surface area contributed by atoms with E-state index in [0.717, 1.165) is 11.3 Å². The van der Waals surface area contributed by atoms with Gasteiger partial charge in [0.2, 0.25) is 0 Å². The van der Waals surface area contributed by atoms with Crippen molar-refractivity contribution < 1.29 is 14.6 Å². The van der Waals surface area contributed by atoms with Gasteiger partial charge in [-0.25, -0.2) is 0 Å². The zero-order valence-corrected chi connectivity index (χ0v) is 13.2. The van der Waals surface area contributed by atoms with Crippen LogP contribution in [0.5, 0.6) is 5.75 Å². The van der Waals surface area contributed by atoms with Crippen molar-refractivity contribution >= 4 is 17.5 Å². The fraction of sp³-hybridized carbons (Fsp3) is 0.235. The zero-order valence-electron chi connectivity index (χ0n) is 12.5. The highest BCUT2D eigenvalue weighted by atomic mass is 35.5. The van der Waals surface area contributed by atoms with E-state index in [-0.39, 0.29) is 6.61 Å². The molecule has 1 amide bonds. The maximum absolute atomic E-state index is 11.6. The van der Waals surface area contributed by atoms with Gasteiger partial charge < -0.3 is 15.2 Å². The minimum atomic E-state index is -1.25. The third kappa shape index (κ3) is 3.78. The third-order valence-electron chi connectivity index (χ3n) is 3.37. The van der Waals surface area contributed by atoms with Crippen LogP contribution in [0.1, 0.15) is 22.8 Å². The molecule has 0 aliphatic rings. The van der Waals surface area contributed by atoms with Crippen molar-refractivity contribution in [3.8, 4) is 5.75 Å². The lowest BCUT2D eigenvalue weighted by molar-refractivity contribution is -0.129. The molecule has 0 radical (unpaired) electrons. The molecule has 2 rings (SSSR count). The molecule has 0 aromatic heterocycles. The van der Waals surface area contributed by atoms with Crippen LogP contribution in [0.2, 0.25) is 5.02 Å². The van der Waals surface area contributed by atoms with Crippen molar-refractivity contribution in [1.29, 1.82) is 0 Å². The molecule has 0 saturated carbocycles. The number of halogens is 1. The maximum atomic E-state index is 11.6. The van der Waals surface area contributed by atoms with Crippen LogP contribution >= 0.6 is 11.6 Å². The van der Waals surface area contributed by atoms with Crippen LogP contribution in [-0.4, -0.2) is 18.1 Å². The quantitative estimate of drug-likeness (QED) is 0.890. The van der Waals surface area contributed by atoms with E-state index < -0.39 is 12.0 Å². The number of ether oxygens (including phenoxy) is 1. The lowest BCUT2D eigenvalue weighted by atomic mass is 10.0. The first kappa shape index (κ1) is 16.3. The predicted molar refractivity (Wildman–Crippen MR) is 86.0 cm³/mol. The van der Waals surface area contributed by atoms with Crippen molar-refractivity contribution in [3.63, 3.8) is 0 Å².